The monoisotopic (exact) mass is 382 g/mol. The quantitative estimate of drug-likeness (QED) is 0.598. The highest BCUT2D eigenvalue weighted by Gasteiger charge is 2.31. The van der Waals surface area contributed by atoms with E-state index in [4.69, 9.17) is 12.2 Å². The van der Waals surface area contributed by atoms with Crippen LogP contribution in [0.15, 0.2) is 65.6 Å². The van der Waals surface area contributed by atoms with Crippen LogP contribution >= 0.6 is 24.0 Å². The van der Waals surface area contributed by atoms with E-state index in [0.29, 0.717) is 28.6 Å². The first-order valence-electron chi connectivity index (χ1n) is 8.29. The predicted molar refractivity (Wildman–Crippen MR) is 111 cm³/mol. The molecular weight excluding hydrogens is 364 g/mol. The molecule has 3 rings (SSSR count). The maximum absolute atomic E-state index is 12.5. The molecule has 6 heteroatoms. The average molecular weight is 383 g/mol. The number of benzene rings is 2. The van der Waals surface area contributed by atoms with E-state index in [0.717, 1.165) is 11.3 Å². The molecule has 132 valence electrons. The molecule has 2 aromatic rings. The van der Waals surface area contributed by atoms with Crippen molar-refractivity contribution in [1.82, 2.24) is 4.90 Å². The molecule has 0 spiro atoms. The van der Waals surface area contributed by atoms with E-state index in [1.165, 1.54) is 11.8 Å². The summed E-state index contributed by atoms with van der Waals surface area (Å²) in [7, 11) is 0. The molecule has 2 aromatic carbocycles. The van der Waals surface area contributed by atoms with E-state index in [1.54, 1.807) is 4.90 Å². The maximum Gasteiger partial charge on any atom is 0.266 e. The Morgan fingerprint density at radius 2 is 1.73 bits per heavy atom. The van der Waals surface area contributed by atoms with E-state index in [9.17, 15) is 9.59 Å². The third kappa shape index (κ3) is 4.80. The lowest BCUT2D eigenvalue weighted by Crippen LogP contribution is -2.29. The van der Waals surface area contributed by atoms with Crippen LogP contribution in [0.25, 0.3) is 6.08 Å². The summed E-state index contributed by atoms with van der Waals surface area (Å²) in [6.07, 6.45) is 2.74. The third-order valence-electron chi connectivity index (χ3n) is 3.81. The zero-order valence-electron chi connectivity index (χ0n) is 14.1. The molecule has 0 atom stereocenters. The Hall–Kier alpha value is -2.44. The van der Waals surface area contributed by atoms with Gasteiger partial charge >= 0.3 is 0 Å². The highest BCUT2D eigenvalue weighted by molar-refractivity contribution is 8.26. The molecule has 1 heterocycles. The minimum absolute atomic E-state index is 0.0681. The van der Waals surface area contributed by atoms with Crippen LogP contribution in [0.5, 0.6) is 0 Å². The van der Waals surface area contributed by atoms with Gasteiger partial charge in [0.05, 0.1) is 4.91 Å². The van der Waals surface area contributed by atoms with Gasteiger partial charge in [0.1, 0.15) is 4.32 Å². The summed E-state index contributed by atoms with van der Waals surface area (Å²) >= 11 is 6.63. The van der Waals surface area contributed by atoms with E-state index >= 15 is 0 Å². The summed E-state index contributed by atoms with van der Waals surface area (Å²) in [4.78, 5) is 26.7. The zero-order chi connectivity index (χ0) is 18.4. The number of hydrogen-bond donors (Lipinski definition) is 1. The van der Waals surface area contributed by atoms with Crippen molar-refractivity contribution in [2.45, 2.75) is 12.8 Å². The van der Waals surface area contributed by atoms with Gasteiger partial charge in [0.15, 0.2) is 0 Å². The molecule has 0 aliphatic carbocycles. The average Bonchev–Trinajstić information content (AvgIpc) is 2.91. The van der Waals surface area contributed by atoms with Crippen molar-refractivity contribution < 1.29 is 9.59 Å². The minimum Gasteiger partial charge on any atom is -0.326 e. The van der Waals surface area contributed by atoms with Gasteiger partial charge in [-0.15, -0.1) is 0 Å². The van der Waals surface area contributed by atoms with Gasteiger partial charge in [0, 0.05) is 18.7 Å². The van der Waals surface area contributed by atoms with Crippen LogP contribution in [0.4, 0.5) is 5.69 Å². The number of hydrogen-bond acceptors (Lipinski definition) is 4. The number of para-hydroxylation sites is 1. The van der Waals surface area contributed by atoms with Crippen molar-refractivity contribution in [1.29, 1.82) is 0 Å². The summed E-state index contributed by atoms with van der Waals surface area (Å²) in [6, 6.07) is 19.0. The van der Waals surface area contributed by atoms with Crippen molar-refractivity contribution in [3.8, 4) is 0 Å². The highest BCUT2D eigenvalue weighted by Crippen LogP contribution is 2.32. The summed E-state index contributed by atoms with van der Waals surface area (Å²) < 4.78 is 0.542. The standard InChI is InChI=1S/C20H18N2O2S2/c23-18(21-16-10-5-2-6-11-16)12-7-13-22-19(24)17(26-20(22)25)14-15-8-3-1-4-9-15/h1-6,8-11,14H,7,12-13H2,(H,21,23)/b17-14+. The second-order valence-electron chi connectivity index (χ2n) is 5.76. The van der Waals surface area contributed by atoms with E-state index in [1.807, 2.05) is 66.7 Å². The molecule has 1 fully saturated rings. The molecule has 1 aliphatic heterocycles. The van der Waals surface area contributed by atoms with Gasteiger partial charge in [-0.3, -0.25) is 14.5 Å². The molecule has 26 heavy (non-hydrogen) atoms. The second kappa shape index (κ2) is 8.78. The third-order valence-corrected chi connectivity index (χ3v) is 5.19. The smallest absolute Gasteiger partial charge is 0.266 e. The summed E-state index contributed by atoms with van der Waals surface area (Å²) in [5.74, 6) is -0.159. The van der Waals surface area contributed by atoms with Crippen LogP contribution in [-0.4, -0.2) is 27.6 Å². The summed E-state index contributed by atoms with van der Waals surface area (Å²) in [6.45, 7) is 0.443. The molecule has 1 aliphatic rings. The molecule has 1 saturated heterocycles. The molecule has 0 saturated carbocycles. The first-order chi connectivity index (χ1) is 12.6. The van der Waals surface area contributed by atoms with Gasteiger partial charge in [-0.1, -0.05) is 72.5 Å². The molecule has 4 nitrogen and oxygen atoms in total. The Labute approximate surface area is 162 Å². The van der Waals surface area contributed by atoms with Gasteiger partial charge in [0.25, 0.3) is 5.91 Å². The molecule has 0 radical (unpaired) electrons. The minimum atomic E-state index is -0.0904. The number of nitrogens with zero attached hydrogens (tertiary/aromatic N) is 1. The van der Waals surface area contributed by atoms with Gasteiger partial charge < -0.3 is 5.32 Å². The predicted octanol–water partition coefficient (Wildman–Crippen LogP) is 4.31. The number of anilines is 1. The number of amides is 2. The Morgan fingerprint density at radius 1 is 1.08 bits per heavy atom. The fourth-order valence-electron chi connectivity index (χ4n) is 2.54. The van der Waals surface area contributed by atoms with Crippen LogP contribution < -0.4 is 5.32 Å². The Kier molecular flexibility index (Phi) is 6.20. The maximum atomic E-state index is 12.5. The lowest BCUT2D eigenvalue weighted by Gasteiger charge is -2.14. The summed E-state index contributed by atoms with van der Waals surface area (Å²) in [5.41, 5.74) is 1.74. The molecule has 1 N–H and O–H groups in total. The Morgan fingerprint density at radius 3 is 2.42 bits per heavy atom. The highest BCUT2D eigenvalue weighted by atomic mass is 32.2. The lowest BCUT2D eigenvalue weighted by atomic mass is 10.2. The molecule has 0 unspecified atom stereocenters. The fourth-order valence-corrected chi connectivity index (χ4v) is 3.84. The van der Waals surface area contributed by atoms with Crippen molar-refractivity contribution in [3.63, 3.8) is 0 Å². The van der Waals surface area contributed by atoms with Crippen molar-refractivity contribution in [2.24, 2.45) is 0 Å². The zero-order valence-corrected chi connectivity index (χ0v) is 15.7. The fraction of sp³-hybridized carbons (Fsp3) is 0.150. The van der Waals surface area contributed by atoms with Crippen molar-refractivity contribution in [3.05, 3.63) is 71.1 Å². The van der Waals surface area contributed by atoms with Crippen LogP contribution in [0.1, 0.15) is 18.4 Å². The van der Waals surface area contributed by atoms with Crippen LogP contribution in [0.2, 0.25) is 0 Å². The number of carbonyl (C=O) groups excluding carboxylic acids is 2. The number of rotatable bonds is 6. The first-order valence-corrected chi connectivity index (χ1v) is 9.51. The Balaban J connectivity index is 1.52. The topological polar surface area (TPSA) is 49.4 Å². The molecule has 0 aromatic heterocycles. The number of thiocarbonyl (C=S) groups is 1. The van der Waals surface area contributed by atoms with Gasteiger partial charge in [0.2, 0.25) is 5.91 Å². The lowest BCUT2D eigenvalue weighted by molar-refractivity contribution is -0.122. The van der Waals surface area contributed by atoms with E-state index in [2.05, 4.69) is 5.32 Å². The molecular formula is C20H18N2O2S2. The Bertz CT molecular complexity index is 835. The van der Waals surface area contributed by atoms with E-state index < -0.39 is 0 Å². The number of nitrogens with one attached hydrogen (secondary N) is 1. The largest absolute Gasteiger partial charge is 0.326 e. The first kappa shape index (κ1) is 18.4. The van der Waals surface area contributed by atoms with Crippen molar-refractivity contribution >= 4 is 51.9 Å². The van der Waals surface area contributed by atoms with Crippen LogP contribution in [-0.2, 0) is 9.59 Å². The number of carbonyl (C=O) groups is 2. The van der Waals surface area contributed by atoms with Gasteiger partial charge in [-0.25, -0.2) is 0 Å². The van der Waals surface area contributed by atoms with Crippen LogP contribution in [0.3, 0.4) is 0 Å². The van der Waals surface area contributed by atoms with Gasteiger partial charge in [-0.2, -0.15) is 0 Å². The molecule has 2 amide bonds. The normalized spacial score (nSPS) is 15.5. The second-order valence-corrected chi connectivity index (χ2v) is 7.44. The molecule has 0 bridgehead atoms. The van der Waals surface area contributed by atoms with Crippen LogP contribution in [0, 0.1) is 0 Å². The number of thioether (sulfide) groups is 1. The van der Waals surface area contributed by atoms with Crippen molar-refractivity contribution in [2.75, 3.05) is 11.9 Å². The van der Waals surface area contributed by atoms with E-state index in [-0.39, 0.29) is 11.8 Å². The SMILES string of the molecule is O=C(CCCN1C(=O)/C(=C\c2ccccc2)SC1=S)Nc1ccccc1. The summed E-state index contributed by atoms with van der Waals surface area (Å²) in [5, 5.41) is 2.84. The van der Waals surface area contributed by atoms with Gasteiger partial charge in [-0.05, 0) is 30.2 Å².